The maximum absolute atomic E-state index is 13.1. The number of carbonyl (C=O) groups excluding carboxylic acids is 3. The summed E-state index contributed by atoms with van der Waals surface area (Å²) in [6.45, 7) is 7.39. The fourth-order valence-corrected chi connectivity index (χ4v) is 6.91. The highest BCUT2D eigenvalue weighted by molar-refractivity contribution is 5.74. The molecule has 6 atom stereocenters. The molecule has 1 unspecified atom stereocenters. The second kappa shape index (κ2) is 28.1. The van der Waals surface area contributed by atoms with Gasteiger partial charge in [-0.15, -0.1) is 0 Å². The lowest BCUT2D eigenvalue weighted by molar-refractivity contribution is -0.289. The minimum Gasteiger partial charge on any atom is -0.459 e. The number of nitrogens with one attached hydrogen (secondary N) is 1. The molecule has 0 aromatic heterocycles. The Morgan fingerprint density at radius 1 is 0.691 bits per heavy atom. The Labute approximate surface area is 330 Å². The van der Waals surface area contributed by atoms with Crippen LogP contribution in [0.2, 0.25) is 0 Å². The normalized spacial score (nSPS) is 20.1. The lowest BCUT2D eigenvalue weighted by atomic mass is 9.95. The van der Waals surface area contributed by atoms with Gasteiger partial charge in [-0.25, -0.2) is 4.79 Å². The lowest BCUT2D eigenvalue weighted by Crippen LogP contribution is -2.67. The smallest absolute Gasteiger partial charge is 0.335 e. The van der Waals surface area contributed by atoms with Crippen LogP contribution in [0.1, 0.15) is 142 Å². The Morgan fingerprint density at radius 2 is 1.20 bits per heavy atom. The van der Waals surface area contributed by atoms with Crippen LogP contribution in [0.25, 0.3) is 0 Å². The number of carbonyl (C=O) groups is 3. The molecule has 3 rings (SSSR count). The number of hydrogen-bond acceptors (Lipinski definition) is 9. The van der Waals surface area contributed by atoms with Gasteiger partial charge in [0.15, 0.2) is 18.5 Å². The summed E-state index contributed by atoms with van der Waals surface area (Å²) >= 11 is 0. The molecule has 1 saturated heterocycles. The van der Waals surface area contributed by atoms with Crippen LogP contribution in [-0.4, -0.2) is 67.8 Å². The molecule has 0 spiro atoms. The first kappa shape index (κ1) is 46.1. The van der Waals surface area contributed by atoms with Crippen LogP contribution in [0.15, 0.2) is 60.7 Å². The van der Waals surface area contributed by atoms with Crippen LogP contribution in [0.5, 0.6) is 0 Å². The van der Waals surface area contributed by atoms with Gasteiger partial charge in [0.05, 0.1) is 13.2 Å². The van der Waals surface area contributed by atoms with Gasteiger partial charge in [-0.2, -0.15) is 0 Å². The van der Waals surface area contributed by atoms with Crippen molar-refractivity contribution in [3.05, 3.63) is 71.8 Å². The van der Waals surface area contributed by atoms with Gasteiger partial charge < -0.3 is 33.7 Å². The number of amides is 1. The van der Waals surface area contributed by atoms with Gasteiger partial charge in [-0.3, -0.25) is 9.59 Å². The van der Waals surface area contributed by atoms with Crippen molar-refractivity contribution in [2.45, 2.75) is 180 Å². The van der Waals surface area contributed by atoms with Crippen LogP contribution >= 0.6 is 0 Å². The lowest BCUT2D eigenvalue weighted by Gasteiger charge is -2.46. The Kier molecular flexibility index (Phi) is 23.6. The molecule has 10 heteroatoms. The van der Waals surface area contributed by atoms with Gasteiger partial charge in [-0.1, -0.05) is 164 Å². The van der Waals surface area contributed by atoms with Crippen molar-refractivity contribution in [1.82, 2.24) is 5.32 Å². The summed E-state index contributed by atoms with van der Waals surface area (Å²) in [5.41, 5.74) is 1.74. The number of ether oxygens (including phenoxy) is 6. The fourth-order valence-electron chi connectivity index (χ4n) is 6.91. The average Bonchev–Trinajstić information content (AvgIpc) is 3.18. The molecule has 1 N–H and O–H groups in total. The van der Waals surface area contributed by atoms with Crippen LogP contribution < -0.4 is 5.32 Å². The van der Waals surface area contributed by atoms with E-state index in [2.05, 4.69) is 12.2 Å². The third-order valence-corrected chi connectivity index (χ3v) is 9.92. The van der Waals surface area contributed by atoms with Crippen LogP contribution in [0.4, 0.5) is 0 Å². The van der Waals surface area contributed by atoms with E-state index >= 15 is 0 Å². The monoisotopic (exact) mass is 767 g/mol. The summed E-state index contributed by atoms with van der Waals surface area (Å²) in [6, 6.07) is 18.0. The topological polar surface area (TPSA) is 119 Å². The van der Waals surface area contributed by atoms with Crippen LogP contribution in [0.3, 0.4) is 0 Å². The van der Waals surface area contributed by atoms with Crippen molar-refractivity contribution in [2.24, 2.45) is 0 Å². The minimum atomic E-state index is -1.07. The molecule has 1 aliphatic heterocycles. The average molecular weight is 768 g/mol. The third-order valence-electron chi connectivity index (χ3n) is 9.92. The van der Waals surface area contributed by atoms with Crippen molar-refractivity contribution in [3.8, 4) is 0 Å². The zero-order valence-corrected chi connectivity index (χ0v) is 34.1. The Balaban J connectivity index is 1.53. The standard InChI is InChI=1S/C45H69NO9/c1-5-6-7-8-9-10-11-12-13-14-15-16-17-18-19-26-31-50-34-40-42(54-37(4)48)43(53-35(2)44(49)51-32-38-27-22-20-23-28-38)41(46-36(3)47)45(55-40)52-33-39-29-24-21-25-30-39/h20-25,27-30,35,40-43,45H,5-19,26,31-34H2,1-4H3,(H,46,47)/t35?,40-,41-,42-,43-,45-/m1/s1. The molecule has 308 valence electrons. The van der Waals surface area contributed by atoms with E-state index < -0.39 is 48.7 Å². The first-order valence-electron chi connectivity index (χ1n) is 21.0. The zero-order chi connectivity index (χ0) is 39.5. The molecule has 1 amide bonds. The summed E-state index contributed by atoms with van der Waals surface area (Å²) in [5.74, 6) is -1.53. The molecule has 55 heavy (non-hydrogen) atoms. The quantitative estimate of drug-likeness (QED) is 0.0639. The van der Waals surface area contributed by atoms with Gasteiger partial charge in [0.25, 0.3) is 0 Å². The van der Waals surface area contributed by atoms with Crippen LogP contribution in [0, 0.1) is 0 Å². The molecule has 1 heterocycles. The molecule has 1 aliphatic rings. The maximum atomic E-state index is 13.1. The molecule has 0 bridgehead atoms. The van der Waals surface area contributed by atoms with Gasteiger partial charge >= 0.3 is 11.9 Å². The SMILES string of the molecule is CCCCCCCCCCCCCCCCCCOC[C@H]1O[C@@H](OCc2ccccc2)[C@H](NC(C)=O)[C@@H](OC(C)C(=O)OCc2ccccc2)[C@@H]1OC(C)=O. The van der Waals surface area contributed by atoms with E-state index in [9.17, 15) is 14.4 Å². The summed E-state index contributed by atoms with van der Waals surface area (Å²) in [4.78, 5) is 38.1. The van der Waals surface area contributed by atoms with E-state index in [0.29, 0.717) is 6.61 Å². The van der Waals surface area contributed by atoms with E-state index in [1.54, 1.807) is 6.92 Å². The van der Waals surface area contributed by atoms with Crippen molar-refractivity contribution < 1.29 is 42.8 Å². The highest BCUT2D eigenvalue weighted by Crippen LogP contribution is 2.29. The number of esters is 2. The number of hydrogen-bond donors (Lipinski definition) is 1. The number of unbranched alkanes of at least 4 members (excludes halogenated alkanes) is 15. The highest BCUT2D eigenvalue weighted by Gasteiger charge is 2.51. The summed E-state index contributed by atoms with van der Waals surface area (Å²) < 4.78 is 36.5. The molecule has 10 nitrogen and oxygen atoms in total. The summed E-state index contributed by atoms with van der Waals surface area (Å²) in [5, 5.41) is 2.87. The maximum Gasteiger partial charge on any atom is 0.335 e. The first-order chi connectivity index (χ1) is 26.8. The van der Waals surface area contributed by atoms with E-state index in [4.69, 9.17) is 28.4 Å². The Bertz CT molecular complexity index is 1310. The van der Waals surface area contributed by atoms with Crippen molar-refractivity contribution in [2.75, 3.05) is 13.2 Å². The van der Waals surface area contributed by atoms with E-state index in [-0.39, 0.29) is 25.7 Å². The Hall–Kier alpha value is -3.31. The van der Waals surface area contributed by atoms with Gasteiger partial charge in [0.2, 0.25) is 5.91 Å². The third kappa shape index (κ3) is 19.4. The second-order valence-corrected chi connectivity index (χ2v) is 14.9. The first-order valence-corrected chi connectivity index (χ1v) is 21.0. The molecule has 2 aromatic rings. The number of benzene rings is 2. The Morgan fingerprint density at radius 3 is 1.71 bits per heavy atom. The summed E-state index contributed by atoms with van der Waals surface area (Å²) in [6.07, 6.45) is 15.8. The molecule has 0 radical (unpaired) electrons. The molecular weight excluding hydrogens is 698 g/mol. The van der Waals surface area contributed by atoms with Crippen LogP contribution in [-0.2, 0) is 56.0 Å². The molecular formula is C45H69NO9. The van der Waals surface area contributed by atoms with E-state index in [0.717, 1.165) is 24.0 Å². The van der Waals surface area contributed by atoms with Crippen molar-refractivity contribution in [1.29, 1.82) is 0 Å². The van der Waals surface area contributed by atoms with Gasteiger partial charge in [0, 0.05) is 20.5 Å². The summed E-state index contributed by atoms with van der Waals surface area (Å²) in [7, 11) is 0. The minimum absolute atomic E-state index is 0.0717. The molecule has 1 fully saturated rings. The number of rotatable bonds is 29. The predicted molar refractivity (Wildman–Crippen MR) is 214 cm³/mol. The van der Waals surface area contributed by atoms with E-state index in [1.165, 1.54) is 104 Å². The molecule has 0 saturated carbocycles. The van der Waals surface area contributed by atoms with Gasteiger partial charge in [-0.05, 0) is 24.5 Å². The van der Waals surface area contributed by atoms with Crippen molar-refractivity contribution >= 4 is 17.8 Å². The van der Waals surface area contributed by atoms with E-state index in [1.807, 2.05) is 60.7 Å². The predicted octanol–water partition coefficient (Wildman–Crippen LogP) is 9.16. The molecule has 2 aromatic carbocycles. The fraction of sp³-hybridized carbons (Fsp3) is 0.667. The second-order valence-electron chi connectivity index (χ2n) is 14.9. The van der Waals surface area contributed by atoms with Crippen molar-refractivity contribution in [3.63, 3.8) is 0 Å². The largest absolute Gasteiger partial charge is 0.459 e. The zero-order valence-electron chi connectivity index (χ0n) is 34.1. The van der Waals surface area contributed by atoms with Gasteiger partial charge in [0.1, 0.15) is 24.9 Å². The molecule has 0 aliphatic carbocycles. The highest BCUT2D eigenvalue weighted by atomic mass is 16.7.